The first-order chi connectivity index (χ1) is 17.1. The van der Waals surface area contributed by atoms with Gasteiger partial charge in [0.15, 0.2) is 24.7 Å². The molecule has 0 amide bonds. The van der Waals surface area contributed by atoms with Crippen molar-refractivity contribution < 1.29 is 23.8 Å². The molecular weight excluding hydrogens is 466 g/mol. The molecule has 188 valence electrons. The first-order valence-corrected chi connectivity index (χ1v) is 11.3. The highest BCUT2D eigenvalue weighted by molar-refractivity contribution is 6.01. The number of fused-ring (bicyclic) bond motifs is 1. The highest BCUT2D eigenvalue weighted by Gasteiger charge is 2.32. The third-order valence-electron chi connectivity index (χ3n) is 5.81. The Kier molecular flexibility index (Phi) is 6.69. The van der Waals surface area contributed by atoms with E-state index in [0.717, 1.165) is 20.3 Å². The number of rotatable bonds is 8. The fourth-order valence-electron chi connectivity index (χ4n) is 4.06. The fourth-order valence-corrected chi connectivity index (χ4v) is 4.06. The number of para-hydroxylation sites is 1. The Morgan fingerprint density at radius 1 is 1.06 bits per heavy atom. The molecule has 2 N–H and O–H groups in total. The number of esters is 1. The van der Waals surface area contributed by atoms with Crippen LogP contribution in [-0.4, -0.2) is 39.7 Å². The summed E-state index contributed by atoms with van der Waals surface area (Å²) >= 11 is 0. The number of hydrogen-bond donors (Lipinski definition) is 1. The lowest BCUT2D eigenvalue weighted by Gasteiger charge is -2.18. The minimum Gasteiger partial charge on any atom is -0.483 e. The van der Waals surface area contributed by atoms with E-state index in [1.54, 1.807) is 36.4 Å². The molecular formula is C26H27N3O7. The maximum absolute atomic E-state index is 12.8. The Labute approximate surface area is 206 Å². The monoisotopic (exact) mass is 493 g/mol. The van der Waals surface area contributed by atoms with Gasteiger partial charge in [0.1, 0.15) is 17.0 Å². The minimum atomic E-state index is -0.862. The van der Waals surface area contributed by atoms with Crippen LogP contribution in [0, 0.1) is 0 Å². The second kappa shape index (κ2) is 9.73. The summed E-state index contributed by atoms with van der Waals surface area (Å²) in [4.78, 5) is 50.3. The van der Waals surface area contributed by atoms with Gasteiger partial charge in [-0.25, -0.2) is 9.59 Å². The Morgan fingerprint density at radius 2 is 1.78 bits per heavy atom. The van der Waals surface area contributed by atoms with Crippen molar-refractivity contribution in [2.24, 2.45) is 7.05 Å². The average molecular weight is 494 g/mol. The van der Waals surface area contributed by atoms with Gasteiger partial charge in [0.05, 0.1) is 6.54 Å². The molecule has 4 rings (SSSR count). The third kappa shape index (κ3) is 5.02. The molecule has 0 bridgehead atoms. The molecule has 10 nitrogen and oxygen atoms in total. The molecule has 2 aromatic carbocycles. The largest absolute Gasteiger partial charge is 0.483 e. The standard InChI is InChI=1S/C26H27N3O7/c1-26(2)12-17-10-7-11-19(22(17)36-26)34-15-20(31)35-14-18(30)21-23(27)29(25(33)28(3)24(21)32)13-16-8-5-4-6-9-16/h4-11H,12-15,27H2,1-3H3. The lowest BCUT2D eigenvalue weighted by molar-refractivity contribution is -0.144. The van der Waals surface area contributed by atoms with Crippen molar-refractivity contribution in [3.63, 3.8) is 0 Å². The van der Waals surface area contributed by atoms with Crippen LogP contribution in [0.4, 0.5) is 5.82 Å². The van der Waals surface area contributed by atoms with Crippen LogP contribution in [0.5, 0.6) is 11.5 Å². The molecule has 1 aromatic heterocycles. The number of anilines is 1. The molecule has 0 atom stereocenters. The molecule has 10 heteroatoms. The van der Waals surface area contributed by atoms with Crippen molar-refractivity contribution in [2.45, 2.75) is 32.4 Å². The molecule has 36 heavy (non-hydrogen) atoms. The minimum absolute atomic E-state index is 0.0633. The average Bonchev–Trinajstić information content (AvgIpc) is 3.18. The normalized spacial score (nSPS) is 13.5. The summed E-state index contributed by atoms with van der Waals surface area (Å²) in [5.41, 5.74) is 5.47. The zero-order valence-electron chi connectivity index (χ0n) is 20.3. The van der Waals surface area contributed by atoms with Crippen molar-refractivity contribution in [1.82, 2.24) is 9.13 Å². The first kappa shape index (κ1) is 24.8. The van der Waals surface area contributed by atoms with E-state index in [1.807, 2.05) is 26.0 Å². The van der Waals surface area contributed by atoms with Crippen molar-refractivity contribution in [3.05, 3.63) is 86.1 Å². The van der Waals surface area contributed by atoms with E-state index < -0.39 is 41.8 Å². The number of hydrogen-bond acceptors (Lipinski definition) is 8. The van der Waals surface area contributed by atoms with Crippen LogP contribution >= 0.6 is 0 Å². The number of ether oxygens (including phenoxy) is 3. The van der Waals surface area contributed by atoms with Gasteiger partial charge in [-0.15, -0.1) is 0 Å². The molecule has 0 radical (unpaired) electrons. The van der Waals surface area contributed by atoms with Gasteiger partial charge in [0, 0.05) is 19.0 Å². The molecule has 0 unspecified atom stereocenters. The van der Waals surface area contributed by atoms with Gasteiger partial charge in [0.25, 0.3) is 5.56 Å². The summed E-state index contributed by atoms with van der Waals surface area (Å²) in [6, 6.07) is 14.4. The second-order valence-electron chi connectivity index (χ2n) is 9.13. The Morgan fingerprint density at radius 3 is 2.50 bits per heavy atom. The molecule has 0 saturated carbocycles. The molecule has 3 aromatic rings. The van der Waals surface area contributed by atoms with E-state index in [0.29, 0.717) is 17.9 Å². The van der Waals surface area contributed by atoms with Crippen LogP contribution in [0.2, 0.25) is 0 Å². The van der Waals surface area contributed by atoms with Crippen LogP contribution in [0.15, 0.2) is 58.1 Å². The van der Waals surface area contributed by atoms with Gasteiger partial charge in [0.2, 0.25) is 5.78 Å². The number of ketones is 1. The third-order valence-corrected chi connectivity index (χ3v) is 5.81. The molecule has 0 spiro atoms. The molecule has 2 heterocycles. The lowest BCUT2D eigenvalue weighted by atomic mass is 10.0. The molecule has 0 fully saturated rings. The smallest absolute Gasteiger partial charge is 0.344 e. The number of carbonyl (C=O) groups excluding carboxylic acids is 2. The first-order valence-electron chi connectivity index (χ1n) is 11.3. The number of nitrogen functional groups attached to an aromatic ring is 1. The SMILES string of the molecule is Cn1c(=O)c(C(=O)COC(=O)COc2cccc3c2OC(C)(C)C3)c(N)n(Cc2ccccc2)c1=O. The van der Waals surface area contributed by atoms with E-state index >= 15 is 0 Å². The molecule has 1 aliphatic rings. The summed E-state index contributed by atoms with van der Waals surface area (Å²) in [5, 5.41) is 0. The van der Waals surface area contributed by atoms with Crippen LogP contribution in [0.1, 0.15) is 35.3 Å². The highest BCUT2D eigenvalue weighted by Crippen LogP contribution is 2.41. The second-order valence-corrected chi connectivity index (χ2v) is 9.13. The van der Waals surface area contributed by atoms with E-state index in [9.17, 15) is 19.2 Å². The summed E-state index contributed by atoms with van der Waals surface area (Å²) in [7, 11) is 1.25. The number of Topliss-reactive ketones (excluding diaryl/α,β-unsaturated/α-hetero) is 1. The molecule has 0 saturated heterocycles. The predicted molar refractivity (Wildman–Crippen MR) is 132 cm³/mol. The van der Waals surface area contributed by atoms with Crippen molar-refractivity contribution in [1.29, 1.82) is 0 Å². The maximum Gasteiger partial charge on any atom is 0.344 e. The van der Waals surface area contributed by atoms with Gasteiger partial charge < -0.3 is 19.9 Å². The van der Waals surface area contributed by atoms with Gasteiger partial charge in [-0.05, 0) is 25.5 Å². The van der Waals surface area contributed by atoms with Crippen LogP contribution in [0.25, 0.3) is 0 Å². The van der Waals surface area contributed by atoms with Crippen LogP contribution < -0.4 is 26.5 Å². The van der Waals surface area contributed by atoms with E-state index in [-0.39, 0.29) is 18.0 Å². The Hall–Kier alpha value is -4.34. The number of carbonyl (C=O) groups is 2. The van der Waals surface area contributed by atoms with E-state index in [4.69, 9.17) is 19.9 Å². The fraction of sp³-hybridized carbons (Fsp3) is 0.308. The lowest BCUT2D eigenvalue weighted by Crippen LogP contribution is -2.43. The maximum atomic E-state index is 12.8. The molecule has 0 aliphatic carbocycles. The predicted octanol–water partition coefficient (Wildman–Crippen LogP) is 1.70. The van der Waals surface area contributed by atoms with Crippen molar-refractivity contribution in [2.75, 3.05) is 18.9 Å². The van der Waals surface area contributed by atoms with E-state index in [2.05, 4.69) is 0 Å². The summed E-state index contributed by atoms with van der Waals surface area (Å²) in [6.07, 6.45) is 0.710. The summed E-state index contributed by atoms with van der Waals surface area (Å²) < 4.78 is 18.4. The van der Waals surface area contributed by atoms with Crippen molar-refractivity contribution >= 4 is 17.6 Å². The molecule has 1 aliphatic heterocycles. The number of benzene rings is 2. The van der Waals surface area contributed by atoms with Gasteiger partial charge in [-0.2, -0.15) is 0 Å². The zero-order chi connectivity index (χ0) is 26.0. The topological polar surface area (TPSA) is 132 Å². The van der Waals surface area contributed by atoms with E-state index in [1.165, 1.54) is 7.05 Å². The van der Waals surface area contributed by atoms with Gasteiger partial charge in [-0.1, -0.05) is 42.5 Å². The Bertz CT molecular complexity index is 1440. The van der Waals surface area contributed by atoms with Crippen LogP contribution in [0.3, 0.4) is 0 Å². The number of nitrogens with zero attached hydrogens (tertiary/aromatic N) is 2. The summed E-state index contributed by atoms with van der Waals surface area (Å²) in [6.45, 7) is 2.77. The van der Waals surface area contributed by atoms with Crippen molar-refractivity contribution in [3.8, 4) is 11.5 Å². The highest BCUT2D eigenvalue weighted by atomic mass is 16.6. The zero-order valence-corrected chi connectivity index (χ0v) is 20.3. The van der Waals surface area contributed by atoms with Gasteiger partial charge in [-0.3, -0.25) is 18.7 Å². The van der Waals surface area contributed by atoms with Gasteiger partial charge >= 0.3 is 11.7 Å². The quantitative estimate of drug-likeness (QED) is 0.370. The number of aromatic nitrogens is 2. The number of nitrogens with two attached hydrogens (primary N) is 1. The Balaban J connectivity index is 1.44. The summed E-state index contributed by atoms with van der Waals surface area (Å²) in [5.74, 6) is -0.959. The van der Waals surface area contributed by atoms with Crippen LogP contribution in [-0.2, 0) is 29.5 Å².